The van der Waals surface area contributed by atoms with Crippen LogP contribution in [0, 0.1) is 13.8 Å². The normalized spacial score (nSPS) is 14.5. The highest BCUT2D eigenvalue weighted by Crippen LogP contribution is 2.27. The summed E-state index contributed by atoms with van der Waals surface area (Å²) in [6.07, 6.45) is 6.45. The van der Waals surface area contributed by atoms with Crippen LogP contribution < -0.4 is 4.90 Å². The highest BCUT2D eigenvalue weighted by molar-refractivity contribution is 5.75. The number of amides is 1. The number of carbonyl (C=O) groups is 1. The number of aromatic nitrogens is 1. The van der Waals surface area contributed by atoms with E-state index < -0.39 is 0 Å². The quantitative estimate of drug-likeness (QED) is 0.778. The maximum atomic E-state index is 12.1. The number of rotatable bonds is 5. The van der Waals surface area contributed by atoms with Gasteiger partial charge in [0, 0.05) is 44.4 Å². The van der Waals surface area contributed by atoms with Crippen molar-refractivity contribution in [3.8, 4) is 0 Å². The standard InChI is InChI=1S/C23H29N3O/c1-4-22(27)25-15-6-8-21(13-16-25)26(23-19(3)7-5-14-24-23)17-20-11-9-18(2)10-12-20/h5,7-12,14H,4,6,13,15-17H2,1-3H3. The number of hydrogen-bond acceptors (Lipinski definition) is 3. The van der Waals surface area contributed by atoms with Gasteiger partial charge in [-0.2, -0.15) is 0 Å². The van der Waals surface area contributed by atoms with E-state index in [0.29, 0.717) is 6.42 Å². The highest BCUT2D eigenvalue weighted by Gasteiger charge is 2.20. The zero-order valence-corrected chi connectivity index (χ0v) is 16.6. The van der Waals surface area contributed by atoms with Crippen LogP contribution in [0.3, 0.4) is 0 Å². The molecule has 0 spiro atoms. The van der Waals surface area contributed by atoms with E-state index in [2.05, 4.69) is 60.1 Å². The number of benzene rings is 1. The van der Waals surface area contributed by atoms with Crippen molar-refractivity contribution in [2.24, 2.45) is 0 Å². The fourth-order valence-electron chi connectivity index (χ4n) is 3.52. The van der Waals surface area contributed by atoms with E-state index in [1.807, 2.05) is 24.1 Å². The minimum atomic E-state index is 0.240. The number of aryl methyl sites for hydroxylation is 2. The average Bonchev–Trinajstić information content (AvgIpc) is 2.94. The van der Waals surface area contributed by atoms with Gasteiger partial charge in [0.25, 0.3) is 0 Å². The predicted octanol–water partition coefficient (Wildman–Crippen LogP) is 4.62. The molecule has 0 unspecified atom stereocenters. The largest absolute Gasteiger partial charge is 0.342 e. The average molecular weight is 364 g/mol. The molecule has 0 aliphatic carbocycles. The summed E-state index contributed by atoms with van der Waals surface area (Å²) in [5, 5.41) is 0. The molecule has 142 valence electrons. The first-order valence-corrected chi connectivity index (χ1v) is 9.80. The molecule has 0 N–H and O–H groups in total. The van der Waals surface area contributed by atoms with E-state index >= 15 is 0 Å². The van der Waals surface area contributed by atoms with Crippen LogP contribution in [0.2, 0.25) is 0 Å². The third-order valence-electron chi connectivity index (χ3n) is 5.12. The van der Waals surface area contributed by atoms with Gasteiger partial charge in [-0.3, -0.25) is 4.79 Å². The van der Waals surface area contributed by atoms with Gasteiger partial charge in [-0.25, -0.2) is 4.98 Å². The molecule has 2 heterocycles. The summed E-state index contributed by atoms with van der Waals surface area (Å²) in [5.41, 5.74) is 4.94. The molecular weight excluding hydrogens is 334 g/mol. The van der Waals surface area contributed by atoms with Gasteiger partial charge in [-0.05, 0) is 37.5 Å². The summed E-state index contributed by atoms with van der Waals surface area (Å²) in [7, 11) is 0. The minimum absolute atomic E-state index is 0.240. The second-order valence-electron chi connectivity index (χ2n) is 7.18. The fourth-order valence-corrected chi connectivity index (χ4v) is 3.52. The van der Waals surface area contributed by atoms with Gasteiger partial charge in [0.1, 0.15) is 5.82 Å². The summed E-state index contributed by atoms with van der Waals surface area (Å²) in [6.45, 7) is 8.50. The van der Waals surface area contributed by atoms with Crippen LogP contribution in [-0.2, 0) is 11.3 Å². The first-order valence-electron chi connectivity index (χ1n) is 9.80. The Morgan fingerprint density at radius 3 is 2.63 bits per heavy atom. The highest BCUT2D eigenvalue weighted by atomic mass is 16.2. The first kappa shape index (κ1) is 19.2. The Labute approximate surface area is 162 Å². The molecule has 0 fully saturated rings. The smallest absolute Gasteiger partial charge is 0.222 e. The summed E-state index contributed by atoms with van der Waals surface area (Å²) >= 11 is 0. The van der Waals surface area contributed by atoms with Gasteiger partial charge in [-0.15, -0.1) is 0 Å². The third-order valence-corrected chi connectivity index (χ3v) is 5.12. The number of hydrogen-bond donors (Lipinski definition) is 0. The molecule has 3 rings (SSSR count). The number of anilines is 1. The van der Waals surface area contributed by atoms with Gasteiger partial charge in [0.2, 0.25) is 5.91 Å². The summed E-state index contributed by atoms with van der Waals surface area (Å²) in [4.78, 5) is 21.1. The summed E-state index contributed by atoms with van der Waals surface area (Å²) < 4.78 is 0. The lowest BCUT2D eigenvalue weighted by molar-refractivity contribution is -0.130. The lowest BCUT2D eigenvalue weighted by Crippen LogP contribution is -2.32. The second-order valence-corrected chi connectivity index (χ2v) is 7.18. The zero-order valence-electron chi connectivity index (χ0n) is 16.6. The molecular formula is C23H29N3O. The van der Waals surface area contributed by atoms with Gasteiger partial charge < -0.3 is 9.80 Å². The van der Waals surface area contributed by atoms with Crippen molar-refractivity contribution in [2.45, 2.75) is 46.6 Å². The maximum Gasteiger partial charge on any atom is 0.222 e. The molecule has 1 aliphatic rings. The Kier molecular flexibility index (Phi) is 6.28. The topological polar surface area (TPSA) is 36.4 Å². The number of carbonyl (C=O) groups excluding carboxylic acids is 1. The van der Waals surface area contributed by atoms with Crippen molar-refractivity contribution in [2.75, 3.05) is 18.0 Å². The van der Waals surface area contributed by atoms with E-state index in [1.165, 1.54) is 16.8 Å². The third kappa shape index (κ3) is 4.76. The fraction of sp³-hybridized carbons (Fsp3) is 0.391. The van der Waals surface area contributed by atoms with Crippen LogP contribution in [0.1, 0.15) is 42.9 Å². The van der Waals surface area contributed by atoms with Gasteiger partial charge in [0.05, 0.1) is 0 Å². The molecule has 0 saturated carbocycles. The Balaban J connectivity index is 1.88. The van der Waals surface area contributed by atoms with Crippen molar-refractivity contribution in [3.05, 3.63) is 71.1 Å². The molecule has 1 amide bonds. The van der Waals surface area contributed by atoms with Crippen molar-refractivity contribution >= 4 is 11.7 Å². The maximum absolute atomic E-state index is 12.1. The number of pyridine rings is 1. The molecule has 0 atom stereocenters. The Morgan fingerprint density at radius 2 is 1.93 bits per heavy atom. The van der Waals surface area contributed by atoms with Gasteiger partial charge in [-0.1, -0.05) is 48.9 Å². The van der Waals surface area contributed by atoms with E-state index in [9.17, 15) is 4.79 Å². The van der Waals surface area contributed by atoms with Crippen molar-refractivity contribution in [1.29, 1.82) is 0 Å². The second kappa shape index (κ2) is 8.85. The Morgan fingerprint density at radius 1 is 1.15 bits per heavy atom. The summed E-state index contributed by atoms with van der Waals surface area (Å²) in [5.74, 6) is 1.24. The monoisotopic (exact) mass is 363 g/mol. The molecule has 27 heavy (non-hydrogen) atoms. The molecule has 2 aromatic rings. The van der Waals surface area contributed by atoms with E-state index in [0.717, 1.165) is 43.9 Å². The van der Waals surface area contributed by atoms with Crippen LogP contribution in [-0.4, -0.2) is 28.9 Å². The number of nitrogens with zero attached hydrogens (tertiary/aromatic N) is 3. The van der Waals surface area contributed by atoms with Gasteiger partial charge >= 0.3 is 0 Å². The molecule has 4 heteroatoms. The van der Waals surface area contributed by atoms with Crippen LogP contribution in [0.4, 0.5) is 5.82 Å². The molecule has 1 aromatic heterocycles. The van der Waals surface area contributed by atoms with Crippen molar-refractivity contribution < 1.29 is 4.79 Å². The molecule has 1 aromatic carbocycles. The van der Waals surface area contributed by atoms with Crippen LogP contribution >= 0.6 is 0 Å². The van der Waals surface area contributed by atoms with Crippen LogP contribution in [0.25, 0.3) is 0 Å². The first-order chi connectivity index (χ1) is 13.1. The molecule has 0 bridgehead atoms. The SMILES string of the molecule is CCC(=O)N1CCC=C(N(Cc2ccc(C)cc2)c2ncccc2C)CC1. The van der Waals surface area contributed by atoms with E-state index in [-0.39, 0.29) is 5.91 Å². The Bertz CT molecular complexity index is 811. The van der Waals surface area contributed by atoms with E-state index in [4.69, 9.17) is 0 Å². The molecule has 1 aliphatic heterocycles. The van der Waals surface area contributed by atoms with Crippen molar-refractivity contribution in [1.82, 2.24) is 9.88 Å². The lowest BCUT2D eigenvalue weighted by Gasteiger charge is -2.28. The summed E-state index contributed by atoms with van der Waals surface area (Å²) in [6, 6.07) is 12.8. The van der Waals surface area contributed by atoms with Crippen LogP contribution in [0.15, 0.2) is 54.4 Å². The van der Waals surface area contributed by atoms with Gasteiger partial charge in [0.15, 0.2) is 0 Å². The molecule has 0 radical (unpaired) electrons. The minimum Gasteiger partial charge on any atom is -0.342 e. The van der Waals surface area contributed by atoms with Crippen molar-refractivity contribution in [3.63, 3.8) is 0 Å². The molecule has 0 saturated heterocycles. The Hall–Kier alpha value is -2.62. The zero-order chi connectivity index (χ0) is 19.2. The predicted molar refractivity (Wildman–Crippen MR) is 111 cm³/mol. The van der Waals surface area contributed by atoms with Crippen LogP contribution in [0.5, 0.6) is 0 Å². The lowest BCUT2D eigenvalue weighted by atomic mass is 10.1. The van der Waals surface area contributed by atoms with E-state index in [1.54, 1.807) is 0 Å². The molecule has 4 nitrogen and oxygen atoms in total.